The summed E-state index contributed by atoms with van der Waals surface area (Å²) in [4.78, 5) is 27.0. The molecule has 1 radical (unpaired) electrons. The Kier molecular flexibility index (Phi) is 6.24. The molecule has 1 saturated heterocycles. The lowest BCUT2D eigenvalue weighted by Gasteiger charge is -2.32. The van der Waals surface area contributed by atoms with Gasteiger partial charge in [-0.15, -0.1) is 0 Å². The van der Waals surface area contributed by atoms with E-state index in [0.29, 0.717) is 23.2 Å². The molecule has 2 aromatic heterocycles. The van der Waals surface area contributed by atoms with Crippen molar-refractivity contribution >= 4 is 40.0 Å². The topological polar surface area (TPSA) is 85.9 Å². The fourth-order valence-corrected chi connectivity index (χ4v) is 4.46. The first-order valence-corrected chi connectivity index (χ1v) is 11.4. The summed E-state index contributed by atoms with van der Waals surface area (Å²) in [6, 6.07) is 18.4. The third kappa shape index (κ3) is 4.99. The molecule has 5 rings (SSSR count). The van der Waals surface area contributed by atoms with Crippen molar-refractivity contribution < 1.29 is 4.79 Å². The lowest BCUT2D eigenvalue weighted by molar-refractivity contribution is -0.117. The summed E-state index contributed by atoms with van der Waals surface area (Å²) in [5, 5.41) is 7.95. The van der Waals surface area contributed by atoms with E-state index in [1.165, 1.54) is 0 Å². The highest BCUT2D eigenvalue weighted by molar-refractivity contribution is 6.33. The van der Waals surface area contributed by atoms with Crippen LogP contribution in [0.5, 0.6) is 0 Å². The van der Waals surface area contributed by atoms with Crippen LogP contribution in [0.3, 0.4) is 0 Å². The Morgan fingerprint density at radius 3 is 2.97 bits per heavy atom. The van der Waals surface area contributed by atoms with Crippen molar-refractivity contribution in [2.75, 3.05) is 30.3 Å². The van der Waals surface area contributed by atoms with Gasteiger partial charge in [-0.25, -0.2) is 9.97 Å². The first-order chi connectivity index (χ1) is 16.2. The maximum absolute atomic E-state index is 12.4. The fourth-order valence-electron chi connectivity index (χ4n) is 4.27. The zero-order chi connectivity index (χ0) is 22.6. The number of amides is 1. The Morgan fingerprint density at radius 1 is 1.24 bits per heavy atom. The van der Waals surface area contributed by atoms with Gasteiger partial charge < -0.3 is 15.6 Å². The molecule has 8 heteroatoms. The molecule has 4 aromatic rings. The number of fused-ring (bicyclic) bond motifs is 1. The number of aromatic nitrogens is 3. The lowest BCUT2D eigenvalue weighted by Crippen LogP contribution is -2.45. The van der Waals surface area contributed by atoms with Crippen LogP contribution in [0, 0.1) is 6.07 Å². The van der Waals surface area contributed by atoms with E-state index in [-0.39, 0.29) is 11.9 Å². The van der Waals surface area contributed by atoms with E-state index in [1.807, 2.05) is 42.6 Å². The van der Waals surface area contributed by atoms with Gasteiger partial charge in [-0.1, -0.05) is 41.9 Å². The first-order valence-electron chi connectivity index (χ1n) is 11.0. The van der Waals surface area contributed by atoms with E-state index >= 15 is 0 Å². The maximum atomic E-state index is 12.4. The van der Waals surface area contributed by atoms with Crippen molar-refractivity contribution in [3.8, 4) is 11.3 Å². The minimum Gasteiger partial charge on any atom is -0.360 e. The zero-order valence-electron chi connectivity index (χ0n) is 18.0. The number of rotatable bonds is 6. The van der Waals surface area contributed by atoms with Crippen molar-refractivity contribution in [3.05, 3.63) is 72.0 Å². The van der Waals surface area contributed by atoms with Crippen LogP contribution in [-0.4, -0.2) is 51.4 Å². The molecule has 1 fully saturated rings. The third-order valence-corrected chi connectivity index (χ3v) is 6.07. The summed E-state index contributed by atoms with van der Waals surface area (Å²) >= 11 is 6.46. The van der Waals surface area contributed by atoms with Gasteiger partial charge in [-0.05, 0) is 43.7 Å². The standard InChI is InChI=1S/C25H24ClN6O/c26-21-14-28-25(31-24(21)20-13-27-22-11-5-4-10-19(20)22)30-18-9-6-12-32(15-18)16-23(33)29-17-7-2-1-3-8-17/h2-5,7-8,10-11,13-14,18,27H,6,9,12,15-16H2,(H,29,33)(H,28,30,31)/t18-/m1/s1. The smallest absolute Gasteiger partial charge is 0.238 e. The Balaban J connectivity index is 1.25. The largest absolute Gasteiger partial charge is 0.360 e. The van der Waals surface area contributed by atoms with Crippen molar-refractivity contribution in [2.45, 2.75) is 18.9 Å². The number of likely N-dealkylation sites (tertiary alicyclic amines) is 1. The number of nitrogens with zero attached hydrogens (tertiary/aromatic N) is 3. The van der Waals surface area contributed by atoms with E-state index in [2.05, 4.69) is 31.6 Å². The van der Waals surface area contributed by atoms with Gasteiger partial charge in [0, 0.05) is 40.9 Å². The predicted octanol–water partition coefficient (Wildman–Crippen LogP) is 4.59. The van der Waals surface area contributed by atoms with E-state index in [0.717, 1.165) is 48.1 Å². The van der Waals surface area contributed by atoms with Crippen LogP contribution in [0.15, 0.2) is 60.9 Å². The number of benzene rings is 2. The highest BCUT2D eigenvalue weighted by Crippen LogP contribution is 2.32. The SMILES string of the molecule is O=C(CN1CCC[C@@H](Nc2ncc(Cl)c(-c3c[nH]c4ccccc34)n2)C1)Nc1cc[c]cc1. The average molecular weight is 460 g/mol. The number of hydrogen-bond acceptors (Lipinski definition) is 5. The van der Waals surface area contributed by atoms with Crippen LogP contribution >= 0.6 is 11.6 Å². The molecule has 2 aromatic carbocycles. The van der Waals surface area contributed by atoms with E-state index in [1.54, 1.807) is 18.3 Å². The number of anilines is 2. The van der Waals surface area contributed by atoms with Crippen LogP contribution in [0.2, 0.25) is 5.02 Å². The first kappa shape index (κ1) is 21.4. The molecule has 33 heavy (non-hydrogen) atoms. The van der Waals surface area contributed by atoms with Gasteiger partial charge >= 0.3 is 0 Å². The number of carbonyl (C=O) groups is 1. The van der Waals surface area contributed by atoms with Gasteiger partial charge in [0.2, 0.25) is 11.9 Å². The zero-order valence-corrected chi connectivity index (χ0v) is 18.8. The minimum atomic E-state index is -0.0220. The molecule has 0 bridgehead atoms. The van der Waals surface area contributed by atoms with Crippen molar-refractivity contribution in [3.63, 3.8) is 0 Å². The molecule has 1 aliphatic rings. The molecule has 7 nitrogen and oxygen atoms in total. The van der Waals surface area contributed by atoms with E-state index < -0.39 is 0 Å². The van der Waals surface area contributed by atoms with Crippen molar-refractivity contribution in [1.29, 1.82) is 0 Å². The Morgan fingerprint density at radius 2 is 2.09 bits per heavy atom. The Bertz CT molecular complexity index is 1260. The van der Waals surface area contributed by atoms with Crippen molar-refractivity contribution in [2.24, 2.45) is 0 Å². The summed E-state index contributed by atoms with van der Waals surface area (Å²) in [5.74, 6) is 0.516. The van der Waals surface area contributed by atoms with Crippen molar-refractivity contribution in [1.82, 2.24) is 19.9 Å². The van der Waals surface area contributed by atoms with Crippen LogP contribution < -0.4 is 10.6 Å². The Labute approximate surface area is 197 Å². The second kappa shape index (κ2) is 9.60. The van der Waals surface area contributed by atoms with Gasteiger partial charge in [0.15, 0.2) is 0 Å². The van der Waals surface area contributed by atoms with Gasteiger partial charge in [-0.3, -0.25) is 9.69 Å². The number of halogens is 1. The molecule has 1 aliphatic heterocycles. The third-order valence-electron chi connectivity index (χ3n) is 5.80. The average Bonchev–Trinajstić information content (AvgIpc) is 3.25. The van der Waals surface area contributed by atoms with E-state index in [9.17, 15) is 4.79 Å². The molecule has 0 saturated carbocycles. The molecule has 0 unspecified atom stereocenters. The number of carbonyl (C=O) groups excluding carboxylic acids is 1. The predicted molar refractivity (Wildman–Crippen MR) is 131 cm³/mol. The second-order valence-electron chi connectivity index (χ2n) is 8.19. The van der Waals surface area contributed by atoms with Crippen LogP contribution in [0.1, 0.15) is 12.8 Å². The molecule has 0 aliphatic carbocycles. The number of aromatic amines is 1. The van der Waals surface area contributed by atoms with Crippen LogP contribution in [0.4, 0.5) is 11.6 Å². The molecular formula is C25H24ClN6O. The summed E-state index contributed by atoms with van der Waals surface area (Å²) in [6.07, 6.45) is 5.54. The highest BCUT2D eigenvalue weighted by atomic mass is 35.5. The molecule has 3 N–H and O–H groups in total. The number of nitrogens with one attached hydrogen (secondary N) is 3. The van der Waals surface area contributed by atoms with Crippen LogP contribution in [-0.2, 0) is 4.79 Å². The molecule has 167 valence electrons. The minimum absolute atomic E-state index is 0.0220. The summed E-state index contributed by atoms with van der Waals surface area (Å²) in [6.45, 7) is 1.97. The van der Waals surface area contributed by atoms with Gasteiger partial charge in [0.1, 0.15) is 0 Å². The van der Waals surface area contributed by atoms with Gasteiger partial charge in [0.25, 0.3) is 0 Å². The van der Waals surface area contributed by atoms with E-state index in [4.69, 9.17) is 16.6 Å². The normalized spacial score (nSPS) is 16.6. The molecule has 3 heterocycles. The monoisotopic (exact) mass is 459 g/mol. The molecule has 1 amide bonds. The van der Waals surface area contributed by atoms with Gasteiger partial charge in [0.05, 0.1) is 23.5 Å². The quantitative estimate of drug-likeness (QED) is 0.392. The summed E-state index contributed by atoms with van der Waals surface area (Å²) < 4.78 is 0. The number of para-hydroxylation sites is 1. The van der Waals surface area contributed by atoms with Gasteiger partial charge in [-0.2, -0.15) is 0 Å². The number of hydrogen-bond donors (Lipinski definition) is 3. The lowest BCUT2D eigenvalue weighted by atomic mass is 10.1. The molecular weight excluding hydrogens is 436 g/mol. The summed E-state index contributed by atoms with van der Waals surface area (Å²) in [7, 11) is 0. The highest BCUT2D eigenvalue weighted by Gasteiger charge is 2.23. The summed E-state index contributed by atoms with van der Waals surface area (Å²) in [5.41, 5.74) is 3.46. The Hall–Kier alpha value is -3.42. The number of H-pyrrole nitrogens is 1. The van der Waals surface area contributed by atoms with Crippen LogP contribution in [0.25, 0.3) is 22.2 Å². The second-order valence-corrected chi connectivity index (χ2v) is 8.60. The molecule has 1 atom stereocenters. The maximum Gasteiger partial charge on any atom is 0.238 e. The number of piperidine rings is 1. The molecule has 0 spiro atoms. The fraction of sp³-hybridized carbons (Fsp3) is 0.240.